The van der Waals surface area contributed by atoms with Gasteiger partial charge in [0.25, 0.3) is 0 Å². The predicted octanol–water partition coefficient (Wildman–Crippen LogP) is 5.42. The number of hydrogen-bond acceptors (Lipinski definition) is 2. The Balaban J connectivity index is 3.90. The first-order valence-corrected chi connectivity index (χ1v) is 8.47. The van der Waals surface area contributed by atoms with Crippen molar-refractivity contribution in [1.82, 2.24) is 0 Å². The second-order valence-corrected chi connectivity index (χ2v) is 5.78. The molecule has 0 rings (SSSR count). The van der Waals surface area contributed by atoms with Gasteiger partial charge in [-0.1, -0.05) is 45.8 Å². The van der Waals surface area contributed by atoms with E-state index >= 15 is 0 Å². The first-order valence-electron chi connectivity index (χ1n) is 8.47. The van der Waals surface area contributed by atoms with Crippen molar-refractivity contribution in [3.63, 3.8) is 0 Å². The summed E-state index contributed by atoms with van der Waals surface area (Å²) in [7, 11) is 0. The Kier molecular flexibility index (Phi) is 11.8. The lowest BCUT2D eigenvalue weighted by molar-refractivity contribution is -0.117. The molecule has 0 fully saturated rings. The third-order valence-electron chi connectivity index (χ3n) is 4.24. The molecule has 2 heteroatoms. The van der Waals surface area contributed by atoms with Crippen LogP contribution in [0.5, 0.6) is 0 Å². The van der Waals surface area contributed by atoms with E-state index in [1.807, 2.05) is 12.2 Å². The van der Waals surface area contributed by atoms with Crippen molar-refractivity contribution in [3.05, 3.63) is 24.3 Å². The maximum Gasteiger partial charge on any atom is 0.177 e. The van der Waals surface area contributed by atoms with Gasteiger partial charge in [0.05, 0.1) is 0 Å². The number of hydrogen-bond donors (Lipinski definition) is 0. The highest BCUT2D eigenvalue weighted by Crippen LogP contribution is 2.29. The van der Waals surface area contributed by atoms with Crippen LogP contribution in [0.2, 0.25) is 0 Å². The summed E-state index contributed by atoms with van der Waals surface area (Å²) >= 11 is 0. The molecule has 0 heterocycles. The minimum Gasteiger partial charge on any atom is -0.303 e. The molecular weight excluding hydrogens is 260 g/mol. The van der Waals surface area contributed by atoms with Gasteiger partial charge in [0.2, 0.25) is 0 Å². The monoisotopic (exact) mass is 292 g/mol. The molecule has 0 aromatic carbocycles. The highest BCUT2D eigenvalue weighted by Gasteiger charge is 2.24. The maximum absolute atomic E-state index is 11.6. The Morgan fingerprint density at radius 1 is 0.905 bits per heavy atom. The average Bonchev–Trinajstić information content (AvgIpc) is 2.51. The lowest BCUT2D eigenvalue weighted by Crippen LogP contribution is -2.20. The molecule has 0 radical (unpaired) electrons. The summed E-state index contributed by atoms with van der Waals surface area (Å²) in [6.45, 7) is 6.31. The molecule has 0 aliphatic carbocycles. The summed E-state index contributed by atoms with van der Waals surface area (Å²) in [5.74, 6) is 0.0686. The third-order valence-corrected chi connectivity index (χ3v) is 4.24. The Hall–Kier alpha value is -1.18. The van der Waals surface area contributed by atoms with Crippen molar-refractivity contribution in [2.45, 2.75) is 78.6 Å². The van der Waals surface area contributed by atoms with E-state index in [4.69, 9.17) is 0 Å². The molecule has 0 saturated heterocycles. The van der Waals surface area contributed by atoms with Crippen LogP contribution in [0.15, 0.2) is 24.3 Å². The van der Waals surface area contributed by atoms with Gasteiger partial charge in [-0.25, -0.2) is 0 Å². The van der Waals surface area contributed by atoms with Gasteiger partial charge >= 0.3 is 0 Å². The van der Waals surface area contributed by atoms with Crippen LogP contribution in [0.3, 0.4) is 0 Å². The van der Waals surface area contributed by atoms with Crippen LogP contribution in [0.4, 0.5) is 0 Å². The quantitative estimate of drug-likeness (QED) is 0.258. The summed E-state index contributed by atoms with van der Waals surface area (Å²) < 4.78 is 0. The third kappa shape index (κ3) is 9.38. The minimum atomic E-state index is -0.156. The lowest BCUT2D eigenvalue weighted by atomic mass is 9.79. The van der Waals surface area contributed by atoms with E-state index in [1.165, 1.54) is 12.8 Å². The van der Waals surface area contributed by atoms with Crippen LogP contribution in [0.1, 0.15) is 78.6 Å². The number of carbonyl (C=O) groups is 2. The Bertz CT molecular complexity index is 335. The Morgan fingerprint density at radius 3 is 1.95 bits per heavy atom. The van der Waals surface area contributed by atoms with Gasteiger partial charge in [-0.2, -0.15) is 0 Å². The van der Waals surface area contributed by atoms with Gasteiger partial charge in [0, 0.05) is 5.41 Å². The van der Waals surface area contributed by atoms with E-state index in [9.17, 15) is 9.59 Å². The average molecular weight is 292 g/mol. The second-order valence-electron chi connectivity index (χ2n) is 5.78. The van der Waals surface area contributed by atoms with Crippen molar-refractivity contribution in [1.29, 1.82) is 0 Å². The summed E-state index contributed by atoms with van der Waals surface area (Å²) in [6.07, 6.45) is 17.4. The highest BCUT2D eigenvalue weighted by molar-refractivity contribution is 5.99. The molecule has 0 aromatic heterocycles. The molecule has 0 aromatic rings. The van der Waals surface area contributed by atoms with Crippen molar-refractivity contribution >= 4 is 12.1 Å². The molecule has 0 amide bonds. The van der Waals surface area contributed by atoms with Gasteiger partial charge < -0.3 is 4.79 Å². The van der Waals surface area contributed by atoms with E-state index in [2.05, 4.69) is 20.8 Å². The molecular formula is C19H32O2. The van der Waals surface area contributed by atoms with E-state index in [0.29, 0.717) is 0 Å². The Morgan fingerprint density at radius 2 is 1.48 bits per heavy atom. The minimum absolute atomic E-state index is 0.0686. The van der Waals surface area contributed by atoms with Crippen LogP contribution in [-0.4, -0.2) is 12.1 Å². The topological polar surface area (TPSA) is 34.1 Å². The van der Waals surface area contributed by atoms with Gasteiger partial charge in [-0.05, 0) is 57.1 Å². The molecule has 0 saturated carbocycles. The zero-order valence-corrected chi connectivity index (χ0v) is 14.1. The second kappa shape index (κ2) is 12.6. The zero-order chi connectivity index (χ0) is 16.0. The summed E-state index contributed by atoms with van der Waals surface area (Å²) in [4.78, 5) is 22.7. The molecule has 0 spiro atoms. The van der Waals surface area contributed by atoms with E-state index in [-0.39, 0.29) is 11.2 Å². The molecule has 120 valence electrons. The zero-order valence-electron chi connectivity index (χ0n) is 14.1. The van der Waals surface area contributed by atoms with Crippen molar-refractivity contribution in [2.24, 2.45) is 5.41 Å². The predicted molar refractivity (Wildman–Crippen MR) is 90.4 cm³/mol. The highest BCUT2D eigenvalue weighted by atomic mass is 16.1. The first-order chi connectivity index (χ1) is 10.1. The number of rotatable bonds is 13. The van der Waals surface area contributed by atoms with Crippen molar-refractivity contribution in [2.75, 3.05) is 0 Å². The first kappa shape index (κ1) is 19.8. The summed E-state index contributed by atoms with van der Waals surface area (Å²) in [5, 5.41) is 0. The fourth-order valence-electron chi connectivity index (χ4n) is 2.37. The fourth-order valence-corrected chi connectivity index (χ4v) is 2.37. The fraction of sp³-hybridized carbons (Fsp3) is 0.684. The lowest BCUT2D eigenvalue weighted by Gasteiger charge is -2.24. The van der Waals surface area contributed by atoms with Gasteiger partial charge in [0.15, 0.2) is 5.78 Å². The van der Waals surface area contributed by atoms with E-state index < -0.39 is 0 Å². The normalized spacial score (nSPS) is 12.3. The standard InChI is InChI=1S/C19H32O2/c1-4-7-8-9-11-14-18(21)15-12-10-13-16-19(5-2,6-3)17-20/h11-12,14-15,17H,4-10,13,16H2,1-3H3. The van der Waals surface area contributed by atoms with Crippen LogP contribution < -0.4 is 0 Å². The van der Waals surface area contributed by atoms with Crippen molar-refractivity contribution < 1.29 is 9.59 Å². The maximum atomic E-state index is 11.6. The number of carbonyl (C=O) groups excluding carboxylic acids is 2. The number of allylic oxidation sites excluding steroid dienone is 4. The van der Waals surface area contributed by atoms with Crippen LogP contribution >= 0.6 is 0 Å². The molecule has 0 aliphatic heterocycles. The molecule has 0 aliphatic rings. The number of aldehydes is 1. The van der Waals surface area contributed by atoms with Crippen molar-refractivity contribution in [3.8, 4) is 0 Å². The molecule has 2 nitrogen and oxygen atoms in total. The van der Waals surface area contributed by atoms with Gasteiger partial charge in [-0.15, -0.1) is 0 Å². The summed E-state index contributed by atoms with van der Waals surface area (Å²) in [5.41, 5.74) is -0.156. The van der Waals surface area contributed by atoms with E-state index in [0.717, 1.165) is 51.2 Å². The largest absolute Gasteiger partial charge is 0.303 e. The molecule has 0 bridgehead atoms. The molecule has 0 atom stereocenters. The number of unbranched alkanes of at least 4 members (excludes halogenated alkanes) is 4. The van der Waals surface area contributed by atoms with Crippen LogP contribution in [0.25, 0.3) is 0 Å². The molecule has 21 heavy (non-hydrogen) atoms. The smallest absolute Gasteiger partial charge is 0.177 e. The SMILES string of the molecule is CCCCCC=CC(=O)C=CCCCC(C=O)(CC)CC. The Labute approximate surface area is 130 Å². The molecule has 0 N–H and O–H groups in total. The van der Waals surface area contributed by atoms with Crippen LogP contribution in [-0.2, 0) is 9.59 Å². The number of ketones is 1. The summed E-state index contributed by atoms with van der Waals surface area (Å²) in [6, 6.07) is 0. The molecule has 0 unspecified atom stereocenters. The van der Waals surface area contributed by atoms with Gasteiger partial charge in [0.1, 0.15) is 6.29 Å². The van der Waals surface area contributed by atoms with E-state index in [1.54, 1.807) is 12.2 Å². The van der Waals surface area contributed by atoms with Gasteiger partial charge in [-0.3, -0.25) is 4.79 Å². The van der Waals surface area contributed by atoms with Crippen LogP contribution in [0, 0.1) is 5.41 Å².